The Morgan fingerprint density at radius 2 is 1.82 bits per heavy atom. The molecule has 1 aliphatic rings. The normalized spacial score (nSPS) is 23.4. The molecule has 0 bridgehead atoms. The predicted octanol–water partition coefficient (Wildman–Crippen LogP) is 2.99. The van der Waals surface area contributed by atoms with Gasteiger partial charge in [0.2, 0.25) is 0 Å². The van der Waals surface area contributed by atoms with Crippen LogP contribution in [0.1, 0.15) is 12.8 Å². The standard InChI is InChI=1S/C15H18N2/c16-14-7-11(8-14)10-17-15-6-5-12-3-1-2-4-13(12)9-15/h1-6,9,11,14,17H,7-8,10,16H2. The fourth-order valence-corrected chi connectivity index (χ4v) is 2.52. The van der Waals surface area contributed by atoms with Crippen LogP contribution < -0.4 is 11.1 Å². The Morgan fingerprint density at radius 3 is 2.59 bits per heavy atom. The van der Waals surface area contributed by atoms with Crippen molar-refractivity contribution >= 4 is 16.5 Å². The smallest absolute Gasteiger partial charge is 0.0346 e. The number of nitrogens with one attached hydrogen (secondary N) is 1. The third-order valence-electron chi connectivity index (χ3n) is 3.62. The molecule has 2 aromatic carbocycles. The van der Waals surface area contributed by atoms with Crippen LogP contribution in [0.3, 0.4) is 0 Å². The van der Waals surface area contributed by atoms with Crippen LogP contribution in [0.5, 0.6) is 0 Å². The van der Waals surface area contributed by atoms with E-state index < -0.39 is 0 Å². The quantitative estimate of drug-likeness (QED) is 0.844. The first-order valence-corrected chi connectivity index (χ1v) is 6.29. The molecule has 0 unspecified atom stereocenters. The largest absolute Gasteiger partial charge is 0.385 e. The van der Waals surface area contributed by atoms with Crippen molar-refractivity contribution in [2.75, 3.05) is 11.9 Å². The Bertz CT molecular complexity index is 515. The van der Waals surface area contributed by atoms with Crippen LogP contribution >= 0.6 is 0 Å². The highest BCUT2D eigenvalue weighted by Crippen LogP contribution is 2.26. The van der Waals surface area contributed by atoms with Crippen LogP contribution in [0.2, 0.25) is 0 Å². The summed E-state index contributed by atoms with van der Waals surface area (Å²) in [5, 5.41) is 6.09. The maximum Gasteiger partial charge on any atom is 0.0346 e. The van der Waals surface area contributed by atoms with Gasteiger partial charge in [-0.1, -0.05) is 30.3 Å². The second-order valence-corrected chi connectivity index (χ2v) is 5.04. The minimum Gasteiger partial charge on any atom is -0.385 e. The van der Waals surface area contributed by atoms with Gasteiger partial charge < -0.3 is 11.1 Å². The van der Waals surface area contributed by atoms with E-state index in [2.05, 4.69) is 47.8 Å². The first-order chi connectivity index (χ1) is 8.31. The topological polar surface area (TPSA) is 38.0 Å². The summed E-state index contributed by atoms with van der Waals surface area (Å²) in [6.07, 6.45) is 2.33. The molecule has 17 heavy (non-hydrogen) atoms. The SMILES string of the molecule is NC1CC(CNc2ccc3ccccc3c2)C1. The van der Waals surface area contributed by atoms with E-state index >= 15 is 0 Å². The van der Waals surface area contributed by atoms with Crippen LogP contribution in [0, 0.1) is 5.92 Å². The van der Waals surface area contributed by atoms with Crippen LogP contribution in [-0.2, 0) is 0 Å². The highest BCUT2D eigenvalue weighted by atomic mass is 14.9. The van der Waals surface area contributed by atoms with E-state index in [0.29, 0.717) is 6.04 Å². The van der Waals surface area contributed by atoms with Gasteiger partial charge in [0.05, 0.1) is 0 Å². The van der Waals surface area contributed by atoms with E-state index in [0.717, 1.165) is 12.5 Å². The molecule has 1 aliphatic carbocycles. The van der Waals surface area contributed by atoms with Gasteiger partial charge in [0.15, 0.2) is 0 Å². The number of benzene rings is 2. The van der Waals surface area contributed by atoms with Crippen molar-refractivity contribution in [2.24, 2.45) is 11.7 Å². The van der Waals surface area contributed by atoms with Gasteiger partial charge in [-0.2, -0.15) is 0 Å². The van der Waals surface area contributed by atoms with Crippen molar-refractivity contribution in [1.82, 2.24) is 0 Å². The second-order valence-electron chi connectivity index (χ2n) is 5.04. The number of anilines is 1. The third-order valence-corrected chi connectivity index (χ3v) is 3.62. The van der Waals surface area contributed by atoms with Crippen molar-refractivity contribution in [3.8, 4) is 0 Å². The zero-order valence-corrected chi connectivity index (χ0v) is 9.89. The highest BCUT2D eigenvalue weighted by molar-refractivity contribution is 5.85. The molecule has 2 heteroatoms. The fourth-order valence-electron chi connectivity index (χ4n) is 2.52. The molecule has 0 amide bonds. The van der Waals surface area contributed by atoms with Gasteiger partial charge in [0.25, 0.3) is 0 Å². The van der Waals surface area contributed by atoms with Crippen LogP contribution in [-0.4, -0.2) is 12.6 Å². The van der Waals surface area contributed by atoms with E-state index in [1.165, 1.54) is 29.3 Å². The minimum absolute atomic E-state index is 0.443. The molecule has 0 heterocycles. The minimum atomic E-state index is 0.443. The molecule has 88 valence electrons. The molecule has 0 aliphatic heterocycles. The molecule has 0 saturated heterocycles. The Hall–Kier alpha value is -1.54. The molecular formula is C15H18N2. The number of nitrogens with two attached hydrogens (primary N) is 1. The maximum atomic E-state index is 5.78. The number of hydrogen-bond donors (Lipinski definition) is 2. The monoisotopic (exact) mass is 226 g/mol. The average molecular weight is 226 g/mol. The molecule has 3 rings (SSSR count). The Morgan fingerprint density at radius 1 is 1.06 bits per heavy atom. The molecule has 3 N–H and O–H groups in total. The van der Waals surface area contributed by atoms with E-state index in [1.807, 2.05) is 0 Å². The zero-order chi connectivity index (χ0) is 11.7. The number of rotatable bonds is 3. The molecule has 0 aromatic heterocycles. The lowest BCUT2D eigenvalue weighted by molar-refractivity contribution is 0.280. The predicted molar refractivity (Wildman–Crippen MR) is 73.1 cm³/mol. The van der Waals surface area contributed by atoms with Gasteiger partial charge in [-0.15, -0.1) is 0 Å². The van der Waals surface area contributed by atoms with Gasteiger partial charge in [0, 0.05) is 18.3 Å². The fraction of sp³-hybridized carbons (Fsp3) is 0.333. The van der Waals surface area contributed by atoms with Crippen molar-refractivity contribution in [3.05, 3.63) is 42.5 Å². The molecule has 2 aromatic rings. The van der Waals surface area contributed by atoms with Gasteiger partial charge in [0.1, 0.15) is 0 Å². The summed E-state index contributed by atoms with van der Waals surface area (Å²) in [5.41, 5.74) is 7.00. The summed E-state index contributed by atoms with van der Waals surface area (Å²) in [7, 11) is 0. The average Bonchev–Trinajstić information content (AvgIpc) is 2.33. The lowest BCUT2D eigenvalue weighted by Crippen LogP contribution is -2.39. The summed E-state index contributed by atoms with van der Waals surface area (Å²) in [5.74, 6) is 0.761. The third kappa shape index (κ3) is 2.27. The van der Waals surface area contributed by atoms with Gasteiger partial charge >= 0.3 is 0 Å². The molecule has 1 saturated carbocycles. The molecule has 0 radical (unpaired) electrons. The lowest BCUT2D eigenvalue weighted by Gasteiger charge is -2.32. The van der Waals surface area contributed by atoms with Gasteiger partial charge in [-0.3, -0.25) is 0 Å². The van der Waals surface area contributed by atoms with Crippen molar-refractivity contribution < 1.29 is 0 Å². The van der Waals surface area contributed by atoms with Crippen LogP contribution in [0.15, 0.2) is 42.5 Å². The van der Waals surface area contributed by atoms with Crippen LogP contribution in [0.4, 0.5) is 5.69 Å². The first-order valence-electron chi connectivity index (χ1n) is 6.29. The Labute approximate surface area is 102 Å². The van der Waals surface area contributed by atoms with E-state index in [-0.39, 0.29) is 0 Å². The molecular weight excluding hydrogens is 208 g/mol. The van der Waals surface area contributed by atoms with E-state index in [1.54, 1.807) is 0 Å². The van der Waals surface area contributed by atoms with Crippen molar-refractivity contribution in [2.45, 2.75) is 18.9 Å². The Kier molecular flexibility index (Phi) is 2.73. The van der Waals surface area contributed by atoms with E-state index in [4.69, 9.17) is 5.73 Å². The Balaban J connectivity index is 1.68. The maximum absolute atomic E-state index is 5.78. The van der Waals surface area contributed by atoms with Crippen LogP contribution in [0.25, 0.3) is 10.8 Å². The lowest BCUT2D eigenvalue weighted by atomic mass is 9.81. The number of fused-ring (bicyclic) bond motifs is 1. The molecule has 0 spiro atoms. The van der Waals surface area contributed by atoms with Gasteiger partial charge in [-0.25, -0.2) is 0 Å². The summed E-state index contributed by atoms with van der Waals surface area (Å²) >= 11 is 0. The summed E-state index contributed by atoms with van der Waals surface area (Å²) < 4.78 is 0. The second kappa shape index (κ2) is 4.38. The van der Waals surface area contributed by atoms with Crippen molar-refractivity contribution in [1.29, 1.82) is 0 Å². The summed E-state index contributed by atoms with van der Waals surface area (Å²) in [4.78, 5) is 0. The molecule has 1 fully saturated rings. The van der Waals surface area contributed by atoms with Crippen molar-refractivity contribution in [3.63, 3.8) is 0 Å². The summed E-state index contributed by atoms with van der Waals surface area (Å²) in [6.45, 7) is 1.05. The summed E-state index contributed by atoms with van der Waals surface area (Å²) in [6, 6.07) is 15.4. The zero-order valence-electron chi connectivity index (χ0n) is 9.89. The van der Waals surface area contributed by atoms with E-state index in [9.17, 15) is 0 Å². The highest BCUT2D eigenvalue weighted by Gasteiger charge is 2.25. The first kappa shape index (κ1) is 10.6. The van der Waals surface area contributed by atoms with Gasteiger partial charge in [-0.05, 0) is 41.7 Å². The molecule has 0 atom stereocenters. The number of hydrogen-bond acceptors (Lipinski definition) is 2. The molecule has 2 nitrogen and oxygen atoms in total.